The number of hydrogen-bond donors (Lipinski definition) is 3. The van der Waals surface area contributed by atoms with Crippen molar-refractivity contribution in [2.24, 2.45) is 11.7 Å². The molecule has 0 radical (unpaired) electrons. The molecule has 0 saturated heterocycles. The number of carbonyl (C=O) groups excluding carboxylic acids is 2. The molecule has 5 heteroatoms. The van der Waals surface area contributed by atoms with E-state index < -0.39 is 11.6 Å². The van der Waals surface area contributed by atoms with Gasteiger partial charge in [-0.15, -0.1) is 0 Å². The van der Waals surface area contributed by atoms with Crippen LogP contribution in [0.4, 0.5) is 0 Å². The highest BCUT2D eigenvalue weighted by atomic mass is 16.2. The second kappa shape index (κ2) is 9.56. The van der Waals surface area contributed by atoms with Crippen LogP contribution in [-0.2, 0) is 4.79 Å². The SMILES string of the molecule is CCC(N)(CC)CNC(=O)C(CC(C)C)NC(=O)c1ccccc1C. The molecule has 2 amide bonds. The molecule has 0 spiro atoms. The maximum Gasteiger partial charge on any atom is 0.252 e. The summed E-state index contributed by atoms with van der Waals surface area (Å²) >= 11 is 0. The Morgan fingerprint density at radius 2 is 1.76 bits per heavy atom. The van der Waals surface area contributed by atoms with Crippen LogP contribution in [-0.4, -0.2) is 29.9 Å². The van der Waals surface area contributed by atoms with E-state index in [2.05, 4.69) is 10.6 Å². The Morgan fingerprint density at radius 1 is 1.16 bits per heavy atom. The minimum absolute atomic E-state index is 0.174. The predicted molar refractivity (Wildman–Crippen MR) is 102 cm³/mol. The summed E-state index contributed by atoms with van der Waals surface area (Å²) in [7, 11) is 0. The Kier molecular flexibility index (Phi) is 8.10. The molecule has 0 aliphatic rings. The van der Waals surface area contributed by atoms with Crippen LogP contribution in [0, 0.1) is 12.8 Å². The number of nitrogens with one attached hydrogen (secondary N) is 2. The minimum atomic E-state index is -0.565. The van der Waals surface area contributed by atoms with Crippen LogP contribution in [0.2, 0.25) is 0 Å². The van der Waals surface area contributed by atoms with Gasteiger partial charge in [-0.3, -0.25) is 9.59 Å². The molecule has 1 atom stereocenters. The summed E-state index contributed by atoms with van der Waals surface area (Å²) in [4.78, 5) is 25.2. The average Bonchev–Trinajstić information content (AvgIpc) is 2.58. The molecule has 140 valence electrons. The van der Waals surface area contributed by atoms with E-state index in [1.807, 2.05) is 52.8 Å². The molecular formula is C20H33N3O2. The van der Waals surface area contributed by atoms with Crippen molar-refractivity contribution in [1.29, 1.82) is 0 Å². The molecular weight excluding hydrogens is 314 g/mol. The van der Waals surface area contributed by atoms with Gasteiger partial charge in [-0.1, -0.05) is 45.9 Å². The van der Waals surface area contributed by atoms with E-state index in [-0.39, 0.29) is 17.7 Å². The molecule has 0 fully saturated rings. The highest BCUT2D eigenvalue weighted by Gasteiger charge is 2.26. The lowest BCUT2D eigenvalue weighted by Gasteiger charge is -2.28. The van der Waals surface area contributed by atoms with Crippen LogP contribution in [0.1, 0.15) is 62.9 Å². The van der Waals surface area contributed by atoms with Crippen LogP contribution < -0.4 is 16.4 Å². The number of benzene rings is 1. The van der Waals surface area contributed by atoms with Crippen molar-refractivity contribution in [1.82, 2.24) is 10.6 Å². The highest BCUT2D eigenvalue weighted by Crippen LogP contribution is 2.12. The minimum Gasteiger partial charge on any atom is -0.352 e. The van der Waals surface area contributed by atoms with E-state index in [0.717, 1.165) is 18.4 Å². The molecule has 4 N–H and O–H groups in total. The first kappa shape index (κ1) is 21.2. The third-order valence-electron chi connectivity index (χ3n) is 4.74. The van der Waals surface area contributed by atoms with Crippen LogP contribution in [0.3, 0.4) is 0 Å². The van der Waals surface area contributed by atoms with Crippen molar-refractivity contribution in [3.8, 4) is 0 Å². The second-order valence-corrected chi connectivity index (χ2v) is 7.26. The van der Waals surface area contributed by atoms with E-state index in [4.69, 9.17) is 5.73 Å². The quantitative estimate of drug-likeness (QED) is 0.642. The van der Waals surface area contributed by atoms with Gasteiger partial charge in [-0.2, -0.15) is 0 Å². The lowest BCUT2D eigenvalue weighted by molar-refractivity contribution is -0.123. The number of amides is 2. The number of nitrogens with two attached hydrogens (primary N) is 1. The summed E-state index contributed by atoms with van der Waals surface area (Å²) in [6.45, 7) is 10.4. The first-order valence-corrected chi connectivity index (χ1v) is 9.15. The molecule has 25 heavy (non-hydrogen) atoms. The van der Waals surface area contributed by atoms with E-state index in [1.165, 1.54) is 0 Å². The Hall–Kier alpha value is -1.88. The lowest BCUT2D eigenvalue weighted by atomic mass is 9.94. The standard InChI is InChI=1S/C20H33N3O2/c1-6-20(21,7-2)13-22-19(25)17(12-14(3)4)23-18(24)16-11-9-8-10-15(16)5/h8-11,14,17H,6-7,12-13,21H2,1-5H3,(H,22,25)(H,23,24). The van der Waals surface area contributed by atoms with Crippen molar-refractivity contribution < 1.29 is 9.59 Å². The van der Waals surface area contributed by atoms with E-state index in [0.29, 0.717) is 18.5 Å². The molecule has 0 heterocycles. The zero-order chi connectivity index (χ0) is 19.0. The molecule has 1 unspecified atom stereocenters. The van der Waals surface area contributed by atoms with Gasteiger partial charge in [0.25, 0.3) is 5.91 Å². The summed E-state index contributed by atoms with van der Waals surface area (Å²) in [6.07, 6.45) is 2.15. The Bertz CT molecular complexity index is 580. The van der Waals surface area contributed by atoms with Crippen molar-refractivity contribution in [2.75, 3.05) is 6.54 Å². The fraction of sp³-hybridized carbons (Fsp3) is 0.600. The monoisotopic (exact) mass is 347 g/mol. The van der Waals surface area contributed by atoms with Crippen LogP contribution in [0.5, 0.6) is 0 Å². The number of rotatable bonds is 9. The summed E-state index contributed by atoms with van der Waals surface area (Å²) in [5.74, 6) is -0.107. The van der Waals surface area contributed by atoms with Gasteiger partial charge >= 0.3 is 0 Å². The number of hydrogen-bond acceptors (Lipinski definition) is 3. The number of aryl methyl sites for hydroxylation is 1. The van der Waals surface area contributed by atoms with Crippen molar-refractivity contribution in [3.05, 3.63) is 35.4 Å². The van der Waals surface area contributed by atoms with Gasteiger partial charge in [0.1, 0.15) is 6.04 Å². The van der Waals surface area contributed by atoms with Gasteiger partial charge < -0.3 is 16.4 Å². The van der Waals surface area contributed by atoms with Gasteiger partial charge in [-0.05, 0) is 43.7 Å². The Morgan fingerprint density at radius 3 is 2.28 bits per heavy atom. The Labute approximate surface area is 151 Å². The van der Waals surface area contributed by atoms with Crippen molar-refractivity contribution in [2.45, 2.75) is 65.5 Å². The zero-order valence-corrected chi connectivity index (χ0v) is 16.2. The molecule has 1 aromatic carbocycles. The summed E-state index contributed by atoms with van der Waals surface area (Å²) in [5.41, 5.74) is 7.34. The smallest absolute Gasteiger partial charge is 0.252 e. The molecule has 1 aromatic rings. The van der Waals surface area contributed by atoms with E-state index in [1.54, 1.807) is 6.07 Å². The molecule has 0 aromatic heterocycles. The van der Waals surface area contributed by atoms with Crippen LogP contribution in [0.15, 0.2) is 24.3 Å². The topological polar surface area (TPSA) is 84.2 Å². The average molecular weight is 348 g/mol. The van der Waals surface area contributed by atoms with E-state index in [9.17, 15) is 9.59 Å². The number of carbonyl (C=O) groups is 2. The molecule has 5 nitrogen and oxygen atoms in total. The summed E-state index contributed by atoms with van der Waals surface area (Å²) in [5, 5.41) is 5.81. The van der Waals surface area contributed by atoms with E-state index >= 15 is 0 Å². The molecule has 0 aliphatic carbocycles. The third-order valence-corrected chi connectivity index (χ3v) is 4.74. The lowest BCUT2D eigenvalue weighted by Crippen LogP contribution is -2.54. The van der Waals surface area contributed by atoms with Crippen molar-refractivity contribution >= 4 is 11.8 Å². The van der Waals surface area contributed by atoms with Crippen molar-refractivity contribution in [3.63, 3.8) is 0 Å². The van der Waals surface area contributed by atoms with Crippen LogP contribution >= 0.6 is 0 Å². The summed E-state index contributed by atoms with van der Waals surface area (Å²) in [6, 6.07) is 6.81. The molecule has 0 aliphatic heterocycles. The van der Waals surface area contributed by atoms with Gasteiger partial charge in [0, 0.05) is 17.6 Å². The molecule has 0 bridgehead atoms. The normalized spacial score (nSPS) is 12.8. The van der Waals surface area contributed by atoms with Gasteiger partial charge in [-0.25, -0.2) is 0 Å². The molecule has 1 rings (SSSR count). The Balaban J connectivity index is 2.81. The fourth-order valence-corrected chi connectivity index (χ4v) is 2.65. The first-order valence-electron chi connectivity index (χ1n) is 9.15. The maximum atomic E-state index is 12.6. The second-order valence-electron chi connectivity index (χ2n) is 7.26. The largest absolute Gasteiger partial charge is 0.352 e. The maximum absolute atomic E-state index is 12.6. The highest BCUT2D eigenvalue weighted by molar-refractivity contribution is 5.98. The first-order chi connectivity index (χ1) is 11.7. The van der Waals surface area contributed by atoms with Gasteiger partial charge in [0.05, 0.1) is 0 Å². The third kappa shape index (κ3) is 6.50. The zero-order valence-electron chi connectivity index (χ0n) is 16.2. The van der Waals surface area contributed by atoms with Gasteiger partial charge in [0.15, 0.2) is 0 Å². The fourth-order valence-electron chi connectivity index (χ4n) is 2.65. The molecule has 0 saturated carbocycles. The van der Waals surface area contributed by atoms with Crippen LogP contribution in [0.25, 0.3) is 0 Å². The van der Waals surface area contributed by atoms with Gasteiger partial charge in [0.2, 0.25) is 5.91 Å². The summed E-state index contributed by atoms with van der Waals surface area (Å²) < 4.78 is 0. The predicted octanol–water partition coefficient (Wildman–Crippen LogP) is 2.77.